The molecule has 2 aliphatic rings. The quantitative estimate of drug-likeness (QED) is 0.760. The van der Waals surface area contributed by atoms with Gasteiger partial charge in [-0.05, 0) is 55.5 Å². The molecule has 6 heteroatoms. The lowest BCUT2D eigenvalue weighted by atomic mass is 10.1. The molecule has 0 atom stereocenters. The molecule has 1 N–H and O–H groups in total. The number of pyridine rings is 3. The van der Waals surface area contributed by atoms with Crippen molar-refractivity contribution in [1.29, 1.82) is 0 Å². The van der Waals surface area contributed by atoms with Crippen molar-refractivity contribution in [1.82, 2.24) is 19.9 Å². The highest BCUT2D eigenvalue weighted by Crippen LogP contribution is 2.38. The number of hydrogen-bond donors (Lipinski definition) is 1. The van der Waals surface area contributed by atoms with Crippen molar-refractivity contribution < 1.29 is 0 Å². The van der Waals surface area contributed by atoms with E-state index < -0.39 is 0 Å². The van der Waals surface area contributed by atoms with Crippen LogP contribution in [0.15, 0.2) is 41.5 Å². The molecule has 1 saturated heterocycles. The topological polar surface area (TPSA) is 65.1 Å². The number of nitrogens with one attached hydrogen (secondary N) is 1. The fraction of sp³-hybridized carbons (Fsp3) is 0.409. The maximum Gasteiger partial charge on any atom is 0.252 e. The third kappa shape index (κ3) is 3.52. The molecule has 0 radical (unpaired) electrons. The monoisotopic (exact) mass is 375 g/mol. The highest BCUT2D eigenvalue weighted by molar-refractivity contribution is 5.75. The standard InChI is InChI=1S/C22H25N5O/c1-15-2-5-18(13-23-15)27-8-6-26(7-9-27)14-16-10-21-20(24-12-16)11-19(17-3-4-17)22(28)25-21/h2,5,10-13,17H,3-4,6-9,14H2,1H3,(H,25,28). The minimum absolute atomic E-state index is 0.0503. The molecule has 1 saturated carbocycles. The fourth-order valence-corrected chi connectivity index (χ4v) is 3.99. The Bertz CT molecular complexity index is 1050. The fourth-order valence-electron chi connectivity index (χ4n) is 3.99. The molecule has 3 aromatic heterocycles. The van der Waals surface area contributed by atoms with Crippen molar-refractivity contribution in [3.63, 3.8) is 0 Å². The molecule has 3 aromatic rings. The van der Waals surface area contributed by atoms with Gasteiger partial charge >= 0.3 is 0 Å². The summed E-state index contributed by atoms with van der Waals surface area (Å²) in [6.07, 6.45) is 6.16. The zero-order chi connectivity index (χ0) is 19.1. The zero-order valence-corrected chi connectivity index (χ0v) is 16.2. The molecule has 28 heavy (non-hydrogen) atoms. The summed E-state index contributed by atoms with van der Waals surface area (Å²) in [5.41, 5.74) is 6.07. The minimum atomic E-state index is 0.0503. The van der Waals surface area contributed by atoms with Crippen LogP contribution in [0, 0.1) is 6.92 Å². The number of nitrogens with zero attached hydrogens (tertiary/aromatic N) is 4. The van der Waals surface area contributed by atoms with E-state index in [1.165, 1.54) is 5.69 Å². The summed E-state index contributed by atoms with van der Waals surface area (Å²) >= 11 is 0. The van der Waals surface area contributed by atoms with Gasteiger partial charge in [-0.15, -0.1) is 0 Å². The number of H-pyrrole nitrogens is 1. The number of aromatic amines is 1. The summed E-state index contributed by atoms with van der Waals surface area (Å²) in [6, 6.07) is 8.27. The van der Waals surface area contributed by atoms with Gasteiger partial charge in [0.05, 0.1) is 22.9 Å². The van der Waals surface area contributed by atoms with E-state index in [4.69, 9.17) is 0 Å². The van der Waals surface area contributed by atoms with Gasteiger partial charge in [0.1, 0.15) is 0 Å². The van der Waals surface area contributed by atoms with Crippen molar-refractivity contribution in [2.24, 2.45) is 0 Å². The summed E-state index contributed by atoms with van der Waals surface area (Å²) in [4.78, 5) is 29.2. The molecule has 144 valence electrons. The highest BCUT2D eigenvalue weighted by Gasteiger charge is 2.26. The number of fused-ring (bicyclic) bond motifs is 1. The molecule has 6 nitrogen and oxygen atoms in total. The van der Waals surface area contributed by atoms with Crippen LogP contribution in [0.25, 0.3) is 11.0 Å². The summed E-state index contributed by atoms with van der Waals surface area (Å²) in [5.74, 6) is 0.439. The first-order chi connectivity index (χ1) is 13.7. The van der Waals surface area contributed by atoms with Crippen LogP contribution in [-0.2, 0) is 6.54 Å². The van der Waals surface area contributed by atoms with E-state index in [9.17, 15) is 4.79 Å². The second-order valence-electron chi connectivity index (χ2n) is 8.03. The average molecular weight is 375 g/mol. The Kier molecular flexibility index (Phi) is 4.36. The summed E-state index contributed by atoms with van der Waals surface area (Å²) in [5, 5.41) is 0. The molecule has 0 aromatic carbocycles. The zero-order valence-electron chi connectivity index (χ0n) is 16.2. The third-order valence-electron chi connectivity index (χ3n) is 5.83. The average Bonchev–Trinajstić information content (AvgIpc) is 3.54. The summed E-state index contributed by atoms with van der Waals surface area (Å²) in [7, 11) is 0. The van der Waals surface area contributed by atoms with Crippen LogP contribution >= 0.6 is 0 Å². The van der Waals surface area contributed by atoms with Crippen LogP contribution in [0.1, 0.15) is 35.6 Å². The van der Waals surface area contributed by atoms with Crippen LogP contribution < -0.4 is 10.5 Å². The molecule has 0 unspecified atom stereocenters. The highest BCUT2D eigenvalue weighted by atomic mass is 16.1. The van der Waals surface area contributed by atoms with Crippen LogP contribution in [0.5, 0.6) is 0 Å². The first kappa shape index (κ1) is 17.4. The molecule has 0 amide bonds. The largest absolute Gasteiger partial charge is 0.368 e. The Labute approximate surface area is 164 Å². The normalized spacial score (nSPS) is 18.0. The molecular weight excluding hydrogens is 350 g/mol. The van der Waals surface area contributed by atoms with E-state index in [-0.39, 0.29) is 5.56 Å². The SMILES string of the molecule is Cc1ccc(N2CCN(Cc3cnc4cc(C5CC5)c(=O)[nH]c4c3)CC2)cn1. The van der Waals surface area contributed by atoms with Crippen molar-refractivity contribution in [2.75, 3.05) is 31.1 Å². The Morgan fingerprint density at radius 1 is 1.07 bits per heavy atom. The van der Waals surface area contributed by atoms with Crippen molar-refractivity contribution in [2.45, 2.75) is 32.2 Å². The first-order valence-corrected chi connectivity index (χ1v) is 10.1. The van der Waals surface area contributed by atoms with E-state index in [1.807, 2.05) is 25.4 Å². The van der Waals surface area contributed by atoms with Crippen LogP contribution in [-0.4, -0.2) is 46.0 Å². The van der Waals surface area contributed by atoms with Gasteiger partial charge in [0.25, 0.3) is 5.56 Å². The molecule has 4 heterocycles. The van der Waals surface area contributed by atoms with Crippen LogP contribution in [0.2, 0.25) is 0 Å². The smallest absolute Gasteiger partial charge is 0.252 e. The third-order valence-corrected chi connectivity index (χ3v) is 5.83. The second kappa shape index (κ2) is 7.02. The van der Waals surface area contributed by atoms with Crippen molar-refractivity contribution in [3.8, 4) is 0 Å². The van der Waals surface area contributed by atoms with Gasteiger partial charge in [-0.3, -0.25) is 19.7 Å². The van der Waals surface area contributed by atoms with Gasteiger partial charge in [-0.25, -0.2) is 0 Å². The maximum absolute atomic E-state index is 12.3. The Morgan fingerprint density at radius 3 is 2.61 bits per heavy atom. The van der Waals surface area contributed by atoms with Crippen molar-refractivity contribution in [3.05, 3.63) is 63.8 Å². The number of aromatic nitrogens is 3. The van der Waals surface area contributed by atoms with E-state index in [1.54, 1.807) is 0 Å². The Morgan fingerprint density at radius 2 is 1.89 bits per heavy atom. The van der Waals surface area contributed by atoms with Crippen LogP contribution in [0.3, 0.4) is 0 Å². The van der Waals surface area contributed by atoms with Gasteiger partial charge in [-0.1, -0.05) is 0 Å². The lowest BCUT2D eigenvalue weighted by Gasteiger charge is -2.36. The van der Waals surface area contributed by atoms with Gasteiger partial charge in [0.15, 0.2) is 0 Å². The predicted octanol–water partition coefficient (Wildman–Crippen LogP) is 2.83. The van der Waals surface area contributed by atoms with Crippen molar-refractivity contribution >= 4 is 16.7 Å². The molecular formula is C22H25N5O. The lowest BCUT2D eigenvalue weighted by Crippen LogP contribution is -2.46. The number of hydrogen-bond acceptors (Lipinski definition) is 5. The maximum atomic E-state index is 12.3. The van der Waals surface area contributed by atoms with Gasteiger partial charge in [0.2, 0.25) is 0 Å². The summed E-state index contributed by atoms with van der Waals surface area (Å²) in [6.45, 7) is 6.86. The minimum Gasteiger partial charge on any atom is -0.368 e. The van der Waals surface area contributed by atoms with E-state index >= 15 is 0 Å². The Balaban J connectivity index is 1.26. The van der Waals surface area contributed by atoms with Gasteiger partial charge in [-0.2, -0.15) is 0 Å². The molecule has 2 fully saturated rings. The van der Waals surface area contributed by atoms with E-state index in [0.717, 1.165) is 73.4 Å². The molecule has 5 rings (SSSR count). The predicted molar refractivity (Wildman–Crippen MR) is 111 cm³/mol. The Hall–Kier alpha value is -2.73. The number of piperazine rings is 1. The summed E-state index contributed by atoms with van der Waals surface area (Å²) < 4.78 is 0. The number of aryl methyl sites for hydroxylation is 1. The van der Waals surface area contributed by atoms with E-state index in [2.05, 4.69) is 43.0 Å². The molecule has 1 aliphatic heterocycles. The molecule has 1 aliphatic carbocycles. The first-order valence-electron chi connectivity index (χ1n) is 10.1. The molecule has 0 spiro atoms. The van der Waals surface area contributed by atoms with E-state index in [0.29, 0.717) is 5.92 Å². The molecule has 0 bridgehead atoms. The van der Waals surface area contributed by atoms with Gasteiger partial charge < -0.3 is 9.88 Å². The van der Waals surface area contributed by atoms with Gasteiger partial charge in [0, 0.05) is 50.2 Å². The van der Waals surface area contributed by atoms with Crippen LogP contribution in [0.4, 0.5) is 5.69 Å². The lowest BCUT2D eigenvalue weighted by molar-refractivity contribution is 0.249. The number of rotatable bonds is 4. The number of anilines is 1. The second-order valence-corrected chi connectivity index (χ2v) is 8.03.